The van der Waals surface area contributed by atoms with Crippen molar-refractivity contribution < 1.29 is 0 Å². The molecule has 1 aromatic carbocycles. The third-order valence-corrected chi connectivity index (χ3v) is 5.44. The standard InChI is InChI=1S/C15H10N6OS2/c22-12-7-9(16-14-20(12)5-6-23-14)8-24-15-19-18-13-17-10-3-1-2-4-11(10)21(13)15/h1-7H,8H2,(H,17,18). The monoisotopic (exact) mass is 354 g/mol. The van der Waals surface area contributed by atoms with Crippen LogP contribution in [0, 0.1) is 0 Å². The fourth-order valence-corrected chi connectivity index (χ4v) is 4.23. The quantitative estimate of drug-likeness (QED) is 0.504. The van der Waals surface area contributed by atoms with Crippen LogP contribution < -0.4 is 5.56 Å². The molecule has 0 fully saturated rings. The van der Waals surface area contributed by atoms with Crippen molar-refractivity contribution in [3.05, 3.63) is 58.0 Å². The van der Waals surface area contributed by atoms with Crippen molar-refractivity contribution in [3.8, 4) is 0 Å². The first-order valence-electron chi connectivity index (χ1n) is 7.20. The molecule has 5 rings (SSSR count). The van der Waals surface area contributed by atoms with E-state index in [1.807, 2.05) is 34.0 Å². The molecule has 0 atom stereocenters. The number of benzene rings is 1. The molecule has 5 aromatic rings. The summed E-state index contributed by atoms with van der Waals surface area (Å²) in [6, 6.07) is 9.49. The third-order valence-electron chi connectivity index (χ3n) is 3.71. The molecule has 4 aromatic heterocycles. The number of rotatable bonds is 3. The minimum Gasteiger partial charge on any atom is -0.269 e. The van der Waals surface area contributed by atoms with Gasteiger partial charge in [0.1, 0.15) is 0 Å². The van der Waals surface area contributed by atoms with Crippen molar-refractivity contribution >= 4 is 44.9 Å². The summed E-state index contributed by atoms with van der Waals surface area (Å²) in [6.45, 7) is 0. The fourth-order valence-electron chi connectivity index (χ4n) is 2.64. The Hall–Kier alpha value is -2.65. The minimum absolute atomic E-state index is 0.0582. The van der Waals surface area contributed by atoms with Crippen molar-refractivity contribution in [1.82, 2.24) is 29.0 Å². The van der Waals surface area contributed by atoms with E-state index in [4.69, 9.17) is 0 Å². The number of imidazole rings is 1. The maximum atomic E-state index is 12.1. The number of fused-ring (bicyclic) bond motifs is 4. The Balaban J connectivity index is 1.53. The third kappa shape index (κ3) is 2.05. The predicted molar refractivity (Wildman–Crippen MR) is 93.7 cm³/mol. The first-order valence-corrected chi connectivity index (χ1v) is 9.06. The highest BCUT2D eigenvalue weighted by Crippen LogP contribution is 2.25. The summed E-state index contributed by atoms with van der Waals surface area (Å²) in [5.74, 6) is 1.27. The number of nitrogens with zero attached hydrogens (tertiary/aromatic N) is 5. The SMILES string of the molecule is O=c1cc(CSc2n[nH]c3nc4ccccc4n23)nc2sccn12. The minimum atomic E-state index is -0.0582. The lowest BCUT2D eigenvalue weighted by atomic mass is 10.3. The molecule has 0 aliphatic heterocycles. The van der Waals surface area contributed by atoms with Gasteiger partial charge in [-0.2, -0.15) is 0 Å². The van der Waals surface area contributed by atoms with Crippen molar-refractivity contribution in [3.63, 3.8) is 0 Å². The largest absolute Gasteiger partial charge is 0.269 e. The molecule has 1 N–H and O–H groups in total. The zero-order valence-electron chi connectivity index (χ0n) is 12.2. The molecule has 0 radical (unpaired) electrons. The molecule has 0 bridgehead atoms. The highest BCUT2D eigenvalue weighted by molar-refractivity contribution is 7.98. The number of para-hydroxylation sites is 2. The van der Waals surface area contributed by atoms with Crippen LogP contribution in [0.25, 0.3) is 21.8 Å². The normalized spacial score (nSPS) is 11.8. The number of H-pyrrole nitrogens is 1. The van der Waals surface area contributed by atoms with Crippen LogP contribution in [0.2, 0.25) is 0 Å². The van der Waals surface area contributed by atoms with E-state index >= 15 is 0 Å². The number of hydrogen-bond donors (Lipinski definition) is 1. The molecule has 0 saturated carbocycles. The second-order valence-corrected chi connectivity index (χ2v) is 7.01. The lowest BCUT2D eigenvalue weighted by Crippen LogP contribution is -2.12. The second-order valence-electron chi connectivity index (χ2n) is 5.20. The average Bonchev–Trinajstić information content (AvgIpc) is 3.28. The smallest absolute Gasteiger partial charge is 0.258 e. The lowest BCUT2D eigenvalue weighted by Gasteiger charge is -2.00. The van der Waals surface area contributed by atoms with Crippen LogP contribution in [0.5, 0.6) is 0 Å². The van der Waals surface area contributed by atoms with Crippen LogP contribution in [0.3, 0.4) is 0 Å². The average molecular weight is 354 g/mol. The van der Waals surface area contributed by atoms with Crippen LogP contribution >= 0.6 is 23.1 Å². The first kappa shape index (κ1) is 13.8. The van der Waals surface area contributed by atoms with E-state index in [-0.39, 0.29) is 5.56 Å². The van der Waals surface area contributed by atoms with E-state index in [0.717, 1.165) is 21.9 Å². The van der Waals surface area contributed by atoms with Crippen LogP contribution in [-0.4, -0.2) is 29.0 Å². The van der Waals surface area contributed by atoms with Gasteiger partial charge in [0.05, 0.1) is 16.7 Å². The van der Waals surface area contributed by atoms with Gasteiger partial charge < -0.3 is 0 Å². The Morgan fingerprint density at radius 2 is 2.17 bits per heavy atom. The zero-order valence-corrected chi connectivity index (χ0v) is 13.8. The molecule has 4 heterocycles. The molecular weight excluding hydrogens is 344 g/mol. The summed E-state index contributed by atoms with van der Waals surface area (Å²) < 4.78 is 3.53. The summed E-state index contributed by atoms with van der Waals surface area (Å²) in [5, 5.41) is 9.93. The van der Waals surface area contributed by atoms with E-state index in [9.17, 15) is 4.79 Å². The van der Waals surface area contributed by atoms with Gasteiger partial charge in [-0.05, 0) is 12.1 Å². The van der Waals surface area contributed by atoms with Gasteiger partial charge in [-0.15, -0.1) is 16.4 Å². The number of hydrogen-bond acceptors (Lipinski definition) is 6. The number of aromatic nitrogens is 6. The molecule has 0 saturated heterocycles. The summed E-state index contributed by atoms with van der Waals surface area (Å²) in [7, 11) is 0. The van der Waals surface area contributed by atoms with Crippen molar-refractivity contribution in [2.75, 3.05) is 0 Å². The van der Waals surface area contributed by atoms with E-state index in [0.29, 0.717) is 16.5 Å². The van der Waals surface area contributed by atoms with Crippen molar-refractivity contribution in [1.29, 1.82) is 0 Å². The van der Waals surface area contributed by atoms with E-state index in [2.05, 4.69) is 20.2 Å². The van der Waals surface area contributed by atoms with Crippen molar-refractivity contribution in [2.45, 2.75) is 10.9 Å². The highest BCUT2D eigenvalue weighted by atomic mass is 32.2. The molecule has 118 valence electrons. The van der Waals surface area contributed by atoms with Crippen LogP contribution in [0.1, 0.15) is 5.69 Å². The summed E-state index contributed by atoms with van der Waals surface area (Å²) in [4.78, 5) is 21.8. The molecule has 7 nitrogen and oxygen atoms in total. The molecule has 0 unspecified atom stereocenters. The molecular formula is C15H10N6OS2. The van der Waals surface area contributed by atoms with Gasteiger partial charge in [0, 0.05) is 23.4 Å². The Kier molecular flexibility index (Phi) is 2.97. The summed E-state index contributed by atoms with van der Waals surface area (Å²) >= 11 is 2.97. The number of thiazole rings is 1. The van der Waals surface area contributed by atoms with Gasteiger partial charge in [0.25, 0.3) is 5.56 Å². The van der Waals surface area contributed by atoms with E-state index < -0.39 is 0 Å². The molecule has 9 heteroatoms. The zero-order chi connectivity index (χ0) is 16.1. The Labute approximate surface area is 143 Å². The van der Waals surface area contributed by atoms with Gasteiger partial charge >= 0.3 is 0 Å². The molecule has 0 spiro atoms. The fraction of sp³-hybridized carbons (Fsp3) is 0.0667. The molecule has 0 aliphatic rings. The molecule has 0 amide bonds. The van der Waals surface area contributed by atoms with E-state index in [1.165, 1.54) is 23.1 Å². The topological polar surface area (TPSA) is 80.3 Å². The van der Waals surface area contributed by atoms with Gasteiger partial charge in [-0.3, -0.25) is 13.6 Å². The van der Waals surface area contributed by atoms with Crippen LogP contribution in [0.4, 0.5) is 0 Å². The summed E-state index contributed by atoms with van der Waals surface area (Å²) in [5.41, 5.74) is 2.61. The Morgan fingerprint density at radius 3 is 3.12 bits per heavy atom. The number of thioether (sulfide) groups is 1. The maximum absolute atomic E-state index is 12.1. The van der Waals surface area contributed by atoms with Crippen molar-refractivity contribution in [2.24, 2.45) is 0 Å². The van der Waals surface area contributed by atoms with Gasteiger partial charge in [0.2, 0.25) is 5.78 Å². The number of aromatic amines is 1. The molecule has 24 heavy (non-hydrogen) atoms. The number of nitrogens with one attached hydrogen (secondary N) is 1. The van der Waals surface area contributed by atoms with Gasteiger partial charge in [-0.25, -0.2) is 15.1 Å². The van der Waals surface area contributed by atoms with Crippen LogP contribution in [-0.2, 0) is 5.75 Å². The van der Waals surface area contributed by atoms with Gasteiger partial charge in [-0.1, -0.05) is 23.9 Å². The Morgan fingerprint density at radius 1 is 1.25 bits per heavy atom. The molecule has 0 aliphatic carbocycles. The summed E-state index contributed by atoms with van der Waals surface area (Å²) in [6.07, 6.45) is 1.74. The maximum Gasteiger partial charge on any atom is 0.258 e. The second kappa shape index (κ2) is 5.18. The predicted octanol–water partition coefficient (Wildman–Crippen LogP) is 2.57. The lowest BCUT2D eigenvalue weighted by molar-refractivity contribution is 0.938. The van der Waals surface area contributed by atoms with Gasteiger partial charge in [0.15, 0.2) is 10.1 Å². The van der Waals surface area contributed by atoms with E-state index in [1.54, 1.807) is 16.7 Å². The Bertz CT molecular complexity index is 1250. The first-order chi connectivity index (χ1) is 11.8. The van der Waals surface area contributed by atoms with Crippen LogP contribution in [0.15, 0.2) is 51.9 Å². The highest BCUT2D eigenvalue weighted by Gasteiger charge is 2.12.